The molecule has 1 saturated heterocycles. The zero-order valence-electron chi connectivity index (χ0n) is 16.4. The Bertz CT molecular complexity index is 817. The molecule has 1 fully saturated rings. The van der Waals surface area contributed by atoms with Crippen LogP contribution >= 0.6 is 12.4 Å². The van der Waals surface area contributed by atoms with Gasteiger partial charge in [-0.3, -0.25) is 4.79 Å². The van der Waals surface area contributed by atoms with E-state index < -0.39 is 0 Å². The van der Waals surface area contributed by atoms with E-state index in [0.29, 0.717) is 5.92 Å². The molecule has 1 amide bonds. The van der Waals surface area contributed by atoms with Gasteiger partial charge in [-0.25, -0.2) is 0 Å². The fourth-order valence-corrected chi connectivity index (χ4v) is 4.10. The van der Waals surface area contributed by atoms with Gasteiger partial charge in [0.15, 0.2) is 0 Å². The lowest BCUT2D eigenvalue weighted by molar-refractivity contribution is -0.133. The molecule has 0 saturated carbocycles. The van der Waals surface area contributed by atoms with Crippen molar-refractivity contribution >= 4 is 18.3 Å². The third kappa shape index (κ3) is 4.00. The van der Waals surface area contributed by atoms with Gasteiger partial charge < -0.3 is 19.5 Å². The first kappa shape index (κ1) is 20.6. The third-order valence-electron chi connectivity index (χ3n) is 5.79. The van der Waals surface area contributed by atoms with Gasteiger partial charge in [-0.15, -0.1) is 22.6 Å². The predicted octanol–water partition coefficient (Wildman–Crippen LogP) is 2.32. The van der Waals surface area contributed by atoms with Crippen molar-refractivity contribution in [3.05, 3.63) is 41.5 Å². The van der Waals surface area contributed by atoms with E-state index in [-0.39, 0.29) is 24.2 Å². The minimum atomic E-state index is -0.163. The number of amides is 1. The standard InChI is InChI=1S/C20H27N5O2.ClH/c1-14(16-4-3-5-17(12-16)27-2)20(26)24-9-6-15(7-10-24)19-23-22-18-13-21-8-11-25(18)19;/h3-5,12,14-15,21H,6-11,13H2,1-2H3;1H. The molecular weight excluding hydrogens is 378 g/mol. The molecule has 0 radical (unpaired) electrons. The van der Waals surface area contributed by atoms with Crippen molar-refractivity contribution in [2.45, 2.75) is 44.7 Å². The van der Waals surface area contributed by atoms with Crippen molar-refractivity contribution in [2.75, 3.05) is 26.7 Å². The highest BCUT2D eigenvalue weighted by molar-refractivity contribution is 5.85. The normalized spacial score (nSPS) is 18.1. The molecule has 2 aromatic rings. The van der Waals surface area contributed by atoms with Gasteiger partial charge in [0.1, 0.15) is 17.4 Å². The molecule has 0 spiro atoms. The van der Waals surface area contributed by atoms with Crippen LogP contribution in [0.5, 0.6) is 5.75 Å². The largest absolute Gasteiger partial charge is 0.497 e. The van der Waals surface area contributed by atoms with E-state index in [1.165, 1.54) is 0 Å². The summed E-state index contributed by atoms with van der Waals surface area (Å²) in [6.07, 6.45) is 1.89. The minimum absolute atomic E-state index is 0. The number of nitrogens with zero attached hydrogens (tertiary/aromatic N) is 4. The van der Waals surface area contributed by atoms with Gasteiger partial charge in [0.25, 0.3) is 0 Å². The van der Waals surface area contributed by atoms with Crippen LogP contribution in [0.4, 0.5) is 0 Å². The number of carbonyl (C=O) groups is 1. The van der Waals surface area contributed by atoms with Crippen LogP contribution in [-0.2, 0) is 17.9 Å². The molecule has 152 valence electrons. The third-order valence-corrected chi connectivity index (χ3v) is 5.79. The predicted molar refractivity (Wildman–Crippen MR) is 109 cm³/mol. The summed E-state index contributed by atoms with van der Waals surface area (Å²) in [5.41, 5.74) is 1.00. The van der Waals surface area contributed by atoms with Gasteiger partial charge in [-0.1, -0.05) is 12.1 Å². The number of piperidine rings is 1. The molecule has 28 heavy (non-hydrogen) atoms. The highest BCUT2D eigenvalue weighted by atomic mass is 35.5. The fourth-order valence-electron chi connectivity index (χ4n) is 4.10. The molecule has 3 heterocycles. The molecule has 4 rings (SSSR count). The van der Waals surface area contributed by atoms with Crippen LogP contribution in [0, 0.1) is 0 Å². The van der Waals surface area contributed by atoms with Crippen molar-refractivity contribution in [3.8, 4) is 5.75 Å². The average molecular weight is 406 g/mol. The van der Waals surface area contributed by atoms with Gasteiger partial charge in [0.05, 0.1) is 19.6 Å². The summed E-state index contributed by atoms with van der Waals surface area (Å²) < 4.78 is 7.55. The second-order valence-electron chi connectivity index (χ2n) is 7.40. The number of hydrogen-bond donors (Lipinski definition) is 1. The zero-order chi connectivity index (χ0) is 18.8. The number of fused-ring (bicyclic) bond motifs is 1. The Morgan fingerprint density at radius 1 is 1.25 bits per heavy atom. The second kappa shape index (κ2) is 8.92. The Labute approximate surface area is 171 Å². The summed E-state index contributed by atoms with van der Waals surface area (Å²) >= 11 is 0. The summed E-state index contributed by atoms with van der Waals surface area (Å²) in [5, 5.41) is 12.1. The van der Waals surface area contributed by atoms with Crippen LogP contribution in [-0.4, -0.2) is 52.3 Å². The number of ether oxygens (including phenoxy) is 1. The molecule has 8 heteroatoms. The molecule has 2 aliphatic heterocycles. The van der Waals surface area contributed by atoms with E-state index in [0.717, 1.165) is 68.5 Å². The SMILES string of the molecule is COc1cccc(C(C)C(=O)N2CCC(c3nnc4n3CCNC4)CC2)c1.Cl. The Kier molecular flexibility index (Phi) is 6.57. The van der Waals surface area contributed by atoms with E-state index in [2.05, 4.69) is 20.1 Å². The van der Waals surface area contributed by atoms with E-state index in [1.54, 1.807) is 7.11 Å². The molecule has 1 aromatic heterocycles. The summed E-state index contributed by atoms with van der Waals surface area (Å²) in [4.78, 5) is 15.0. The number of carbonyl (C=O) groups excluding carboxylic acids is 1. The summed E-state index contributed by atoms with van der Waals surface area (Å²) in [5.74, 6) is 3.33. The lowest BCUT2D eigenvalue weighted by atomic mass is 9.93. The molecule has 7 nitrogen and oxygen atoms in total. The zero-order valence-corrected chi connectivity index (χ0v) is 17.2. The number of aromatic nitrogens is 3. The monoisotopic (exact) mass is 405 g/mol. The van der Waals surface area contributed by atoms with Gasteiger partial charge >= 0.3 is 0 Å². The van der Waals surface area contributed by atoms with Gasteiger partial charge in [0, 0.05) is 32.1 Å². The van der Waals surface area contributed by atoms with Gasteiger partial charge in [-0.05, 0) is 37.5 Å². The smallest absolute Gasteiger partial charge is 0.229 e. The summed E-state index contributed by atoms with van der Waals surface area (Å²) in [7, 11) is 1.65. The second-order valence-corrected chi connectivity index (χ2v) is 7.40. The van der Waals surface area contributed by atoms with Gasteiger partial charge in [-0.2, -0.15) is 0 Å². The molecule has 2 aliphatic rings. The van der Waals surface area contributed by atoms with Crippen molar-refractivity contribution in [1.82, 2.24) is 25.0 Å². The fraction of sp³-hybridized carbons (Fsp3) is 0.550. The molecule has 0 aliphatic carbocycles. The summed E-state index contributed by atoms with van der Waals surface area (Å²) in [6, 6.07) is 7.79. The first-order valence-electron chi connectivity index (χ1n) is 9.73. The Balaban J connectivity index is 0.00000225. The van der Waals surface area contributed by atoms with Crippen LogP contribution in [0.3, 0.4) is 0 Å². The lowest BCUT2D eigenvalue weighted by Crippen LogP contribution is -2.40. The molecule has 0 bridgehead atoms. The maximum Gasteiger partial charge on any atom is 0.229 e. The van der Waals surface area contributed by atoms with Crippen LogP contribution in [0.2, 0.25) is 0 Å². The van der Waals surface area contributed by atoms with Crippen LogP contribution in [0.15, 0.2) is 24.3 Å². The molecule has 1 atom stereocenters. The number of hydrogen-bond acceptors (Lipinski definition) is 5. The van der Waals surface area contributed by atoms with E-state index in [9.17, 15) is 4.79 Å². The Morgan fingerprint density at radius 2 is 2.04 bits per heavy atom. The first-order chi connectivity index (χ1) is 13.2. The Hall–Kier alpha value is -2.12. The minimum Gasteiger partial charge on any atom is -0.497 e. The molecular formula is C20H28ClN5O2. The van der Waals surface area contributed by atoms with E-state index in [1.807, 2.05) is 36.1 Å². The van der Waals surface area contributed by atoms with Crippen LogP contribution in [0.25, 0.3) is 0 Å². The molecule has 1 N–H and O–H groups in total. The molecule has 1 unspecified atom stereocenters. The van der Waals surface area contributed by atoms with Crippen LogP contribution < -0.4 is 10.1 Å². The van der Waals surface area contributed by atoms with Crippen molar-refractivity contribution in [1.29, 1.82) is 0 Å². The number of halogens is 1. The number of methoxy groups -OCH3 is 1. The number of rotatable bonds is 4. The Morgan fingerprint density at radius 3 is 2.79 bits per heavy atom. The number of nitrogens with one attached hydrogen (secondary N) is 1. The van der Waals surface area contributed by atoms with E-state index in [4.69, 9.17) is 4.74 Å². The van der Waals surface area contributed by atoms with Crippen molar-refractivity contribution in [3.63, 3.8) is 0 Å². The lowest BCUT2D eigenvalue weighted by Gasteiger charge is -2.33. The maximum atomic E-state index is 13.0. The molecule has 1 aromatic carbocycles. The van der Waals surface area contributed by atoms with E-state index >= 15 is 0 Å². The van der Waals surface area contributed by atoms with Gasteiger partial charge in [0.2, 0.25) is 5.91 Å². The number of likely N-dealkylation sites (tertiary alicyclic amines) is 1. The van der Waals surface area contributed by atoms with Crippen molar-refractivity contribution in [2.24, 2.45) is 0 Å². The topological polar surface area (TPSA) is 72.3 Å². The average Bonchev–Trinajstić information content (AvgIpc) is 3.17. The van der Waals surface area contributed by atoms with Crippen LogP contribution in [0.1, 0.15) is 48.8 Å². The summed E-state index contributed by atoms with van der Waals surface area (Å²) in [6.45, 7) is 6.22. The number of benzene rings is 1. The quantitative estimate of drug-likeness (QED) is 0.845. The van der Waals surface area contributed by atoms with Crippen molar-refractivity contribution < 1.29 is 9.53 Å². The highest BCUT2D eigenvalue weighted by Crippen LogP contribution is 2.30. The highest BCUT2D eigenvalue weighted by Gasteiger charge is 2.30. The first-order valence-corrected chi connectivity index (χ1v) is 9.73. The maximum absolute atomic E-state index is 13.0.